The largest absolute Gasteiger partial charge is 0.392 e. The van der Waals surface area contributed by atoms with Gasteiger partial charge in [0.15, 0.2) is 0 Å². The van der Waals surface area contributed by atoms with Gasteiger partial charge in [0.2, 0.25) is 0 Å². The second-order valence-corrected chi connectivity index (χ2v) is 5.97. The van der Waals surface area contributed by atoms with Crippen molar-refractivity contribution in [2.24, 2.45) is 11.7 Å². The highest BCUT2D eigenvalue weighted by atomic mass is 32.1. The van der Waals surface area contributed by atoms with Gasteiger partial charge in [0.25, 0.3) is 0 Å². The van der Waals surface area contributed by atoms with E-state index in [1.165, 1.54) is 5.56 Å². The summed E-state index contributed by atoms with van der Waals surface area (Å²) in [6.45, 7) is 5.93. The van der Waals surface area contributed by atoms with Crippen LogP contribution in [0.25, 0.3) is 0 Å². The van der Waals surface area contributed by atoms with E-state index in [0.29, 0.717) is 5.92 Å². The molecule has 2 rings (SSSR count). The first-order chi connectivity index (χ1) is 8.09. The van der Waals surface area contributed by atoms with E-state index in [0.717, 1.165) is 19.5 Å². The average molecular weight is 254 g/mol. The molecular formula is C13H22N2OS. The van der Waals surface area contributed by atoms with Crippen LogP contribution in [0, 0.1) is 5.92 Å². The lowest BCUT2D eigenvalue weighted by atomic mass is 9.92. The number of hydrogen-bond donors (Lipinski definition) is 2. The highest BCUT2D eigenvalue weighted by molar-refractivity contribution is 7.07. The van der Waals surface area contributed by atoms with Crippen LogP contribution in [0.5, 0.6) is 0 Å². The number of aliphatic hydroxyl groups excluding tert-OH is 1. The molecule has 0 aromatic carbocycles. The number of thiophene rings is 1. The summed E-state index contributed by atoms with van der Waals surface area (Å²) in [6.07, 6.45) is 0.831. The zero-order valence-corrected chi connectivity index (χ0v) is 11.4. The molecule has 0 saturated carbocycles. The van der Waals surface area contributed by atoms with Gasteiger partial charge in [0.05, 0.1) is 12.1 Å². The van der Waals surface area contributed by atoms with Crippen LogP contribution in [0.1, 0.15) is 31.9 Å². The van der Waals surface area contributed by atoms with Gasteiger partial charge in [-0.2, -0.15) is 11.3 Å². The molecule has 0 radical (unpaired) electrons. The fraction of sp³-hybridized carbons (Fsp3) is 0.692. The van der Waals surface area contributed by atoms with E-state index in [1.54, 1.807) is 11.3 Å². The van der Waals surface area contributed by atoms with Crippen LogP contribution in [0.15, 0.2) is 16.8 Å². The normalized spacial score (nSPS) is 30.1. The quantitative estimate of drug-likeness (QED) is 0.865. The Bertz CT molecular complexity index is 339. The van der Waals surface area contributed by atoms with Gasteiger partial charge >= 0.3 is 0 Å². The first-order valence-electron chi connectivity index (χ1n) is 6.29. The van der Waals surface area contributed by atoms with Crippen LogP contribution in [0.2, 0.25) is 0 Å². The minimum Gasteiger partial charge on any atom is -0.392 e. The molecule has 0 bridgehead atoms. The first kappa shape index (κ1) is 13.0. The van der Waals surface area contributed by atoms with Gasteiger partial charge in [-0.1, -0.05) is 6.92 Å². The van der Waals surface area contributed by atoms with Crippen LogP contribution in [0.4, 0.5) is 0 Å². The summed E-state index contributed by atoms with van der Waals surface area (Å²) >= 11 is 1.71. The van der Waals surface area contributed by atoms with Gasteiger partial charge in [0, 0.05) is 12.6 Å². The molecule has 0 spiro atoms. The van der Waals surface area contributed by atoms with E-state index in [4.69, 9.17) is 5.73 Å². The van der Waals surface area contributed by atoms with Gasteiger partial charge in [-0.15, -0.1) is 0 Å². The second kappa shape index (κ2) is 5.48. The zero-order valence-electron chi connectivity index (χ0n) is 10.5. The lowest BCUT2D eigenvalue weighted by Gasteiger charge is -2.40. The van der Waals surface area contributed by atoms with Crippen molar-refractivity contribution in [3.63, 3.8) is 0 Å². The van der Waals surface area contributed by atoms with Crippen molar-refractivity contribution < 1.29 is 5.11 Å². The second-order valence-electron chi connectivity index (χ2n) is 5.19. The number of rotatable bonds is 3. The van der Waals surface area contributed by atoms with Crippen LogP contribution >= 0.6 is 11.3 Å². The molecule has 1 aromatic rings. The van der Waals surface area contributed by atoms with Crippen molar-refractivity contribution in [2.75, 3.05) is 13.1 Å². The molecule has 4 unspecified atom stereocenters. The molecular weight excluding hydrogens is 232 g/mol. The SMILES string of the molecule is CC(N)C(c1ccsc1)N1CCC(C)C(O)C1. The zero-order chi connectivity index (χ0) is 12.4. The Hall–Kier alpha value is -0.420. The maximum Gasteiger partial charge on any atom is 0.0693 e. The van der Waals surface area contributed by atoms with E-state index in [2.05, 4.69) is 28.7 Å². The number of nitrogens with two attached hydrogens (primary N) is 1. The topological polar surface area (TPSA) is 49.5 Å². The monoisotopic (exact) mass is 254 g/mol. The third-order valence-electron chi connectivity index (χ3n) is 3.73. The number of nitrogens with zero attached hydrogens (tertiary/aromatic N) is 1. The number of hydrogen-bond acceptors (Lipinski definition) is 4. The summed E-state index contributed by atoms with van der Waals surface area (Å²) in [7, 11) is 0. The first-order valence-corrected chi connectivity index (χ1v) is 7.23. The van der Waals surface area contributed by atoms with Crippen molar-refractivity contribution in [1.29, 1.82) is 0 Å². The van der Waals surface area contributed by atoms with Gasteiger partial charge < -0.3 is 10.8 Å². The highest BCUT2D eigenvalue weighted by Gasteiger charge is 2.31. The van der Waals surface area contributed by atoms with Crippen molar-refractivity contribution >= 4 is 11.3 Å². The van der Waals surface area contributed by atoms with E-state index in [9.17, 15) is 5.11 Å². The molecule has 0 amide bonds. The molecule has 1 aliphatic rings. The highest BCUT2D eigenvalue weighted by Crippen LogP contribution is 2.29. The van der Waals surface area contributed by atoms with E-state index in [1.807, 2.05) is 6.92 Å². The molecule has 1 aromatic heterocycles. The third kappa shape index (κ3) is 2.88. The lowest BCUT2D eigenvalue weighted by Crippen LogP contribution is -2.48. The molecule has 3 nitrogen and oxygen atoms in total. The molecule has 4 heteroatoms. The van der Waals surface area contributed by atoms with Gasteiger partial charge in [0.1, 0.15) is 0 Å². The summed E-state index contributed by atoms with van der Waals surface area (Å²) in [5.41, 5.74) is 7.40. The summed E-state index contributed by atoms with van der Waals surface area (Å²) in [5.74, 6) is 0.405. The molecule has 17 heavy (non-hydrogen) atoms. The maximum absolute atomic E-state index is 10.00. The van der Waals surface area contributed by atoms with Crippen molar-refractivity contribution in [1.82, 2.24) is 4.90 Å². The summed E-state index contributed by atoms with van der Waals surface area (Å²) in [4.78, 5) is 2.33. The van der Waals surface area contributed by atoms with Crippen LogP contribution in [-0.4, -0.2) is 35.2 Å². The predicted molar refractivity (Wildman–Crippen MR) is 72.1 cm³/mol. The molecule has 96 valence electrons. The smallest absolute Gasteiger partial charge is 0.0693 e. The Morgan fingerprint density at radius 2 is 2.35 bits per heavy atom. The van der Waals surface area contributed by atoms with Gasteiger partial charge in [-0.25, -0.2) is 0 Å². The predicted octanol–water partition coefficient (Wildman–Crippen LogP) is 1.84. The fourth-order valence-electron chi connectivity index (χ4n) is 2.62. The standard InChI is InChI=1S/C13H22N2OS/c1-9-3-5-15(7-12(9)16)13(10(2)14)11-4-6-17-8-11/h4,6,8-10,12-13,16H,3,5,7,14H2,1-2H3. The molecule has 1 fully saturated rings. The molecule has 1 saturated heterocycles. The molecule has 1 aliphatic heterocycles. The minimum atomic E-state index is -0.219. The van der Waals surface area contributed by atoms with Crippen LogP contribution < -0.4 is 5.73 Å². The van der Waals surface area contributed by atoms with Gasteiger partial charge in [-0.05, 0) is 48.2 Å². The van der Waals surface area contributed by atoms with E-state index < -0.39 is 0 Å². The summed E-state index contributed by atoms with van der Waals surface area (Å²) < 4.78 is 0. The Morgan fingerprint density at radius 3 is 2.88 bits per heavy atom. The minimum absolute atomic E-state index is 0.0882. The van der Waals surface area contributed by atoms with Crippen molar-refractivity contribution in [2.45, 2.75) is 38.5 Å². The van der Waals surface area contributed by atoms with E-state index >= 15 is 0 Å². The Balaban J connectivity index is 2.12. The third-order valence-corrected chi connectivity index (χ3v) is 4.43. The number of likely N-dealkylation sites (tertiary alicyclic amines) is 1. The molecule has 4 atom stereocenters. The van der Waals surface area contributed by atoms with Crippen LogP contribution in [0.3, 0.4) is 0 Å². The Morgan fingerprint density at radius 1 is 1.59 bits per heavy atom. The average Bonchev–Trinajstić information content (AvgIpc) is 2.76. The summed E-state index contributed by atoms with van der Waals surface area (Å²) in [6, 6.07) is 2.47. The molecule has 2 heterocycles. The van der Waals surface area contributed by atoms with Crippen molar-refractivity contribution in [3.05, 3.63) is 22.4 Å². The fourth-order valence-corrected chi connectivity index (χ4v) is 3.31. The van der Waals surface area contributed by atoms with E-state index in [-0.39, 0.29) is 18.2 Å². The van der Waals surface area contributed by atoms with Crippen molar-refractivity contribution in [3.8, 4) is 0 Å². The molecule has 3 N–H and O–H groups in total. The lowest BCUT2D eigenvalue weighted by molar-refractivity contribution is 0.00548. The Labute approximate surface area is 107 Å². The number of β-amino-alcohol motifs (C(OH)–C–C–N with tert-alkyl or cyclic N) is 1. The summed E-state index contributed by atoms with van der Waals surface area (Å²) in [5, 5.41) is 14.3. The Kier molecular flexibility index (Phi) is 4.20. The maximum atomic E-state index is 10.00. The van der Waals surface area contributed by atoms with Crippen LogP contribution in [-0.2, 0) is 0 Å². The van der Waals surface area contributed by atoms with Gasteiger partial charge in [-0.3, -0.25) is 4.90 Å². The number of piperidine rings is 1. The molecule has 0 aliphatic carbocycles. The number of aliphatic hydroxyl groups is 1.